The average molecular weight is 419 g/mol. The average Bonchev–Trinajstić information content (AvgIpc) is 3.05. The summed E-state index contributed by atoms with van der Waals surface area (Å²) >= 11 is 0. The topological polar surface area (TPSA) is 86.8 Å². The summed E-state index contributed by atoms with van der Waals surface area (Å²) < 4.78 is 0. The number of anilines is 1. The summed E-state index contributed by atoms with van der Waals surface area (Å²) in [5, 5.41) is 2.91. The van der Waals surface area contributed by atoms with Crippen LogP contribution in [0.25, 0.3) is 0 Å². The van der Waals surface area contributed by atoms with E-state index in [-0.39, 0.29) is 42.5 Å². The molecule has 1 fully saturated rings. The highest BCUT2D eigenvalue weighted by molar-refractivity contribution is 6.21. The van der Waals surface area contributed by atoms with Crippen molar-refractivity contribution in [2.45, 2.75) is 25.7 Å². The van der Waals surface area contributed by atoms with Gasteiger partial charge in [-0.05, 0) is 43.5 Å². The third-order valence-corrected chi connectivity index (χ3v) is 5.84. The zero-order valence-electron chi connectivity index (χ0n) is 17.3. The number of piperidine rings is 1. The first-order valence-electron chi connectivity index (χ1n) is 10.6. The first kappa shape index (κ1) is 20.8. The minimum Gasteiger partial charge on any atom is -0.342 e. The summed E-state index contributed by atoms with van der Waals surface area (Å²) in [7, 11) is 0. The van der Waals surface area contributed by atoms with Crippen LogP contribution in [0.2, 0.25) is 0 Å². The Morgan fingerprint density at radius 1 is 0.935 bits per heavy atom. The zero-order valence-corrected chi connectivity index (χ0v) is 17.3. The van der Waals surface area contributed by atoms with Crippen LogP contribution in [0.15, 0.2) is 54.6 Å². The van der Waals surface area contributed by atoms with Gasteiger partial charge in [-0.3, -0.25) is 24.1 Å². The molecule has 2 aromatic rings. The molecule has 1 atom stereocenters. The van der Waals surface area contributed by atoms with Crippen molar-refractivity contribution in [3.8, 4) is 0 Å². The van der Waals surface area contributed by atoms with Gasteiger partial charge in [0.25, 0.3) is 11.8 Å². The van der Waals surface area contributed by atoms with Crippen molar-refractivity contribution in [3.63, 3.8) is 0 Å². The molecule has 0 spiro atoms. The lowest BCUT2D eigenvalue weighted by molar-refractivity contribution is -0.134. The van der Waals surface area contributed by atoms with Crippen LogP contribution < -0.4 is 5.32 Å². The Hall–Kier alpha value is -3.48. The number of carbonyl (C=O) groups is 4. The SMILES string of the molecule is O=C(Nc1ccccc1)[C@@H]1CCCN(C(=O)CCCN2C(=O)c3ccccc3C2=O)C1. The van der Waals surface area contributed by atoms with E-state index in [0.29, 0.717) is 30.6 Å². The molecule has 0 saturated carbocycles. The number of carbonyl (C=O) groups excluding carboxylic acids is 4. The van der Waals surface area contributed by atoms with E-state index in [1.54, 1.807) is 29.2 Å². The summed E-state index contributed by atoms with van der Waals surface area (Å²) in [4.78, 5) is 53.0. The van der Waals surface area contributed by atoms with E-state index in [4.69, 9.17) is 0 Å². The second-order valence-corrected chi connectivity index (χ2v) is 7.95. The van der Waals surface area contributed by atoms with Gasteiger partial charge in [0.1, 0.15) is 0 Å². The predicted octanol–water partition coefficient (Wildman–Crippen LogP) is 2.94. The van der Waals surface area contributed by atoms with Gasteiger partial charge in [-0.2, -0.15) is 0 Å². The van der Waals surface area contributed by atoms with Crippen LogP contribution in [0.4, 0.5) is 5.69 Å². The molecule has 160 valence electrons. The van der Waals surface area contributed by atoms with Crippen LogP contribution in [-0.2, 0) is 9.59 Å². The molecule has 7 heteroatoms. The van der Waals surface area contributed by atoms with Gasteiger partial charge in [-0.15, -0.1) is 0 Å². The van der Waals surface area contributed by atoms with Crippen molar-refractivity contribution in [3.05, 3.63) is 65.7 Å². The Kier molecular flexibility index (Phi) is 6.11. The number of likely N-dealkylation sites (tertiary alicyclic amines) is 1. The normalized spacial score (nSPS) is 18.1. The van der Waals surface area contributed by atoms with Gasteiger partial charge in [0, 0.05) is 31.7 Å². The van der Waals surface area contributed by atoms with E-state index in [1.165, 1.54) is 4.90 Å². The predicted molar refractivity (Wildman–Crippen MR) is 115 cm³/mol. The number of nitrogens with one attached hydrogen (secondary N) is 1. The number of benzene rings is 2. The third kappa shape index (κ3) is 4.50. The monoisotopic (exact) mass is 419 g/mol. The van der Waals surface area contributed by atoms with Crippen LogP contribution in [-0.4, -0.2) is 53.1 Å². The zero-order chi connectivity index (χ0) is 21.8. The van der Waals surface area contributed by atoms with E-state index in [2.05, 4.69) is 5.32 Å². The van der Waals surface area contributed by atoms with Crippen LogP contribution in [0.5, 0.6) is 0 Å². The summed E-state index contributed by atoms with van der Waals surface area (Å²) in [5.74, 6) is -0.968. The fourth-order valence-corrected chi connectivity index (χ4v) is 4.17. The maximum atomic E-state index is 12.7. The number of amides is 4. The number of nitrogens with zero attached hydrogens (tertiary/aromatic N) is 2. The minimum atomic E-state index is -0.302. The van der Waals surface area contributed by atoms with Gasteiger partial charge >= 0.3 is 0 Å². The van der Waals surface area contributed by atoms with Gasteiger partial charge in [0.2, 0.25) is 11.8 Å². The fraction of sp³-hybridized carbons (Fsp3) is 0.333. The first-order chi connectivity index (χ1) is 15.0. The molecule has 2 aromatic carbocycles. The van der Waals surface area contributed by atoms with Crippen molar-refractivity contribution in [1.29, 1.82) is 0 Å². The first-order valence-corrected chi connectivity index (χ1v) is 10.6. The molecule has 4 rings (SSSR count). The van der Waals surface area contributed by atoms with Crippen LogP contribution >= 0.6 is 0 Å². The number of hydrogen-bond donors (Lipinski definition) is 1. The van der Waals surface area contributed by atoms with Gasteiger partial charge in [-0.25, -0.2) is 0 Å². The Balaban J connectivity index is 1.27. The van der Waals surface area contributed by atoms with Crippen molar-refractivity contribution in [2.24, 2.45) is 5.92 Å². The summed E-state index contributed by atoms with van der Waals surface area (Å²) in [6, 6.07) is 16.0. The summed E-state index contributed by atoms with van der Waals surface area (Å²) in [5.41, 5.74) is 1.58. The number of para-hydroxylation sites is 1. The van der Waals surface area contributed by atoms with E-state index < -0.39 is 0 Å². The van der Waals surface area contributed by atoms with Crippen molar-refractivity contribution in [1.82, 2.24) is 9.80 Å². The van der Waals surface area contributed by atoms with Gasteiger partial charge in [0.05, 0.1) is 17.0 Å². The molecule has 2 aliphatic rings. The van der Waals surface area contributed by atoms with Crippen LogP contribution in [0.1, 0.15) is 46.4 Å². The van der Waals surface area contributed by atoms with Crippen molar-refractivity contribution < 1.29 is 19.2 Å². The molecular formula is C24H25N3O4. The third-order valence-electron chi connectivity index (χ3n) is 5.84. The van der Waals surface area contributed by atoms with Gasteiger partial charge in [-0.1, -0.05) is 30.3 Å². The lowest BCUT2D eigenvalue weighted by Gasteiger charge is -2.32. The van der Waals surface area contributed by atoms with Gasteiger partial charge in [0.15, 0.2) is 0 Å². The maximum absolute atomic E-state index is 12.7. The maximum Gasteiger partial charge on any atom is 0.261 e. The molecule has 1 saturated heterocycles. The molecule has 0 unspecified atom stereocenters. The fourth-order valence-electron chi connectivity index (χ4n) is 4.17. The number of rotatable bonds is 6. The number of fused-ring (bicyclic) bond motifs is 1. The van der Waals surface area contributed by atoms with Gasteiger partial charge < -0.3 is 10.2 Å². The molecule has 7 nitrogen and oxygen atoms in total. The van der Waals surface area contributed by atoms with E-state index in [1.807, 2.05) is 30.3 Å². The molecule has 0 aliphatic carbocycles. The Bertz CT molecular complexity index is 970. The molecular weight excluding hydrogens is 394 g/mol. The lowest BCUT2D eigenvalue weighted by atomic mass is 9.96. The van der Waals surface area contributed by atoms with Crippen LogP contribution in [0.3, 0.4) is 0 Å². The second-order valence-electron chi connectivity index (χ2n) is 7.95. The molecule has 4 amide bonds. The summed E-state index contributed by atoms with van der Waals surface area (Å²) in [6.07, 6.45) is 2.16. The number of imide groups is 1. The van der Waals surface area contributed by atoms with Crippen molar-refractivity contribution >= 4 is 29.3 Å². The Morgan fingerprint density at radius 2 is 1.58 bits per heavy atom. The number of hydrogen-bond acceptors (Lipinski definition) is 4. The highest BCUT2D eigenvalue weighted by Crippen LogP contribution is 2.23. The summed E-state index contributed by atoms with van der Waals surface area (Å²) in [6.45, 7) is 1.23. The molecule has 2 heterocycles. The van der Waals surface area contributed by atoms with E-state index >= 15 is 0 Å². The smallest absolute Gasteiger partial charge is 0.261 e. The van der Waals surface area contributed by atoms with Crippen molar-refractivity contribution in [2.75, 3.05) is 25.0 Å². The molecule has 0 bridgehead atoms. The standard InChI is InChI=1S/C24H25N3O4/c28-21(13-7-15-27-23(30)19-11-4-5-12-20(19)24(27)31)26-14-6-8-17(16-26)22(29)25-18-9-2-1-3-10-18/h1-5,9-12,17H,6-8,13-16H2,(H,25,29)/t17-/m1/s1. The highest BCUT2D eigenvalue weighted by atomic mass is 16.2. The molecule has 0 aromatic heterocycles. The van der Waals surface area contributed by atoms with E-state index in [0.717, 1.165) is 18.5 Å². The molecule has 1 N–H and O–H groups in total. The molecule has 2 aliphatic heterocycles. The second kappa shape index (κ2) is 9.12. The Labute approximate surface area is 181 Å². The molecule has 0 radical (unpaired) electrons. The molecule has 31 heavy (non-hydrogen) atoms. The Morgan fingerprint density at radius 3 is 2.26 bits per heavy atom. The largest absolute Gasteiger partial charge is 0.342 e. The minimum absolute atomic E-state index is 0.0474. The lowest BCUT2D eigenvalue weighted by Crippen LogP contribution is -2.44. The quantitative estimate of drug-likeness (QED) is 0.730. The highest BCUT2D eigenvalue weighted by Gasteiger charge is 2.35. The van der Waals surface area contributed by atoms with E-state index in [9.17, 15) is 19.2 Å². The van der Waals surface area contributed by atoms with Crippen LogP contribution in [0, 0.1) is 5.92 Å².